The summed E-state index contributed by atoms with van der Waals surface area (Å²) in [5.41, 5.74) is 0. The van der Waals surface area contributed by atoms with Crippen LogP contribution in [0.25, 0.3) is 0 Å². The van der Waals surface area contributed by atoms with Crippen LogP contribution in [-0.4, -0.2) is 46.5 Å². The van der Waals surface area contributed by atoms with Gasteiger partial charge in [-0.15, -0.1) is 0 Å². The summed E-state index contributed by atoms with van der Waals surface area (Å²) >= 11 is 0. The summed E-state index contributed by atoms with van der Waals surface area (Å²) in [5.74, 6) is 0. The van der Waals surface area contributed by atoms with Crippen molar-refractivity contribution in [1.29, 1.82) is 0 Å². The minimum Gasteiger partial charge on any atom is -0.381 e. The van der Waals surface area contributed by atoms with Crippen LogP contribution in [-0.2, 0) is 14.8 Å². The molecular weight excluding hydrogens is 252 g/mol. The Bertz CT molecular complexity index is 300. The topological polar surface area (TPSA) is 67.4 Å². The van der Waals surface area contributed by atoms with Crippen molar-refractivity contribution in [2.75, 3.05) is 32.8 Å². The maximum absolute atomic E-state index is 11.9. The van der Waals surface area contributed by atoms with E-state index in [2.05, 4.69) is 17.0 Å². The average molecular weight is 278 g/mol. The highest BCUT2D eigenvalue weighted by Crippen LogP contribution is 2.11. The zero-order valence-corrected chi connectivity index (χ0v) is 12.1. The second-order valence-corrected chi connectivity index (χ2v) is 6.75. The van der Waals surface area contributed by atoms with Crippen LogP contribution in [0.2, 0.25) is 0 Å². The van der Waals surface area contributed by atoms with E-state index in [9.17, 15) is 8.42 Å². The van der Waals surface area contributed by atoms with E-state index in [1.807, 2.05) is 0 Å². The van der Waals surface area contributed by atoms with Gasteiger partial charge in [0.2, 0.25) is 10.0 Å². The molecule has 1 aliphatic heterocycles. The monoisotopic (exact) mass is 278 g/mol. The molecule has 0 aliphatic carbocycles. The molecule has 18 heavy (non-hydrogen) atoms. The second-order valence-electron chi connectivity index (χ2n) is 4.71. The van der Waals surface area contributed by atoms with Gasteiger partial charge in [-0.25, -0.2) is 13.1 Å². The Morgan fingerprint density at radius 2 is 1.89 bits per heavy atom. The molecule has 0 atom stereocenters. The van der Waals surface area contributed by atoms with E-state index >= 15 is 0 Å². The highest BCUT2D eigenvalue weighted by atomic mass is 32.2. The van der Waals surface area contributed by atoms with E-state index in [0.29, 0.717) is 26.0 Å². The van der Waals surface area contributed by atoms with Crippen molar-refractivity contribution >= 4 is 10.0 Å². The Morgan fingerprint density at radius 1 is 1.22 bits per heavy atom. The fourth-order valence-corrected chi connectivity index (χ4v) is 3.48. The number of sulfonamides is 1. The summed E-state index contributed by atoms with van der Waals surface area (Å²) in [4.78, 5) is 0. The van der Waals surface area contributed by atoms with Crippen molar-refractivity contribution in [2.24, 2.45) is 0 Å². The highest BCUT2D eigenvalue weighted by Gasteiger charge is 2.26. The van der Waals surface area contributed by atoms with Gasteiger partial charge < -0.3 is 10.1 Å². The molecule has 1 rings (SSSR count). The molecule has 0 unspecified atom stereocenters. The number of ether oxygens (including phenoxy) is 1. The first-order valence-electron chi connectivity index (χ1n) is 6.93. The molecule has 0 aromatic rings. The Morgan fingerprint density at radius 3 is 2.56 bits per heavy atom. The van der Waals surface area contributed by atoms with Gasteiger partial charge in [-0.05, 0) is 38.8 Å². The van der Waals surface area contributed by atoms with Gasteiger partial charge in [0.05, 0.1) is 5.25 Å². The molecule has 5 nitrogen and oxygen atoms in total. The maximum Gasteiger partial charge on any atom is 0.214 e. The lowest BCUT2D eigenvalue weighted by molar-refractivity contribution is 0.130. The van der Waals surface area contributed by atoms with E-state index in [1.54, 1.807) is 0 Å². The van der Waals surface area contributed by atoms with Crippen LogP contribution in [0.1, 0.15) is 39.0 Å². The summed E-state index contributed by atoms with van der Waals surface area (Å²) in [6.45, 7) is 5.61. The normalized spacial score (nSPS) is 18.1. The highest BCUT2D eigenvalue weighted by molar-refractivity contribution is 7.90. The number of hydrogen-bond acceptors (Lipinski definition) is 4. The predicted molar refractivity (Wildman–Crippen MR) is 73.2 cm³/mol. The Balaban J connectivity index is 2.09. The lowest BCUT2D eigenvalue weighted by atomic mass is 10.2. The molecule has 2 N–H and O–H groups in total. The van der Waals surface area contributed by atoms with Crippen LogP contribution in [0, 0.1) is 0 Å². The molecule has 1 saturated heterocycles. The fourth-order valence-electron chi connectivity index (χ4n) is 1.96. The molecule has 0 amide bonds. The van der Waals surface area contributed by atoms with Gasteiger partial charge in [-0.2, -0.15) is 0 Å². The van der Waals surface area contributed by atoms with E-state index in [4.69, 9.17) is 4.74 Å². The molecule has 0 saturated carbocycles. The largest absolute Gasteiger partial charge is 0.381 e. The quantitative estimate of drug-likeness (QED) is 0.614. The van der Waals surface area contributed by atoms with Gasteiger partial charge in [-0.1, -0.05) is 13.3 Å². The molecule has 0 aromatic carbocycles. The number of unbranched alkanes of at least 4 members (excludes halogenated alkanes) is 1. The van der Waals surface area contributed by atoms with Crippen molar-refractivity contribution in [2.45, 2.75) is 44.3 Å². The zero-order chi connectivity index (χ0) is 13.3. The van der Waals surface area contributed by atoms with Crippen molar-refractivity contribution in [3.05, 3.63) is 0 Å². The van der Waals surface area contributed by atoms with Crippen LogP contribution >= 0.6 is 0 Å². The first-order valence-corrected chi connectivity index (χ1v) is 8.48. The zero-order valence-electron chi connectivity index (χ0n) is 11.3. The van der Waals surface area contributed by atoms with Crippen LogP contribution in [0.4, 0.5) is 0 Å². The third-order valence-electron chi connectivity index (χ3n) is 3.14. The third-order valence-corrected chi connectivity index (χ3v) is 5.09. The Labute approximate surface area is 111 Å². The molecular formula is C12H26N2O3S. The van der Waals surface area contributed by atoms with E-state index in [0.717, 1.165) is 39.0 Å². The first-order chi connectivity index (χ1) is 8.67. The number of piperidine rings is 1. The fraction of sp³-hybridized carbons (Fsp3) is 1.00. The lowest BCUT2D eigenvalue weighted by Gasteiger charge is -2.22. The minimum absolute atomic E-state index is 0.222. The molecule has 1 fully saturated rings. The van der Waals surface area contributed by atoms with Gasteiger partial charge in [0, 0.05) is 19.8 Å². The summed E-state index contributed by atoms with van der Waals surface area (Å²) in [7, 11) is -3.13. The number of hydrogen-bond donors (Lipinski definition) is 2. The SMILES string of the molecule is CCCCOCCCNS(=O)(=O)C1CCNCC1. The molecule has 0 radical (unpaired) electrons. The minimum atomic E-state index is -3.13. The van der Waals surface area contributed by atoms with Crippen molar-refractivity contribution in [3.8, 4) is 0 Å². The maximum atomic E-state index is 11.9. The molecule has 0 bridgehead atoms. The summed E-state index contributed by atoms with van der Waals surface area (Å²) in [6.07, 6.45) is 4.36. The molecule has 0 aromatic heterocycles. The van der Waals surface area contributed by atoms with Gasteiger partial charge in [0.15, 0.2) is 0 Å². The summed E-state index contributed by atoms with van der Waals surface area (Å²) in [5, 5.41) is 2.95. The van der Waals surface area contributed by atoms with Gasteiger partial charge in [0.25, 0.3) is 0 Å². The molecule has 0 spiro atoms. The first kappa shape index (κ1) is 15.9. The molecule has 1 aliphatic rings. The number of rotatable bonds is 9. The Hall–Kier alpha value is -0.170. The number of nitrogens with one attached hydrogen (secondary N) is 2. The summed E-state index contributed by atoms with van der Waals surface area (Å²) < 4.78 is 32.0. The lowest BCUT2D eigenvalue weighted by Crippen LogP contribution is -2.42. The van der Waals surface area contributed by atoms with Crippen molar-refractivity contribution < 1.29 is 13.2 Å². The van der Waals surface area contributed by atoms with Crippen molar-refractivity contribution in [3.63, 3.8) is 0 Å². The van der Waals surface area contributed by atoms with Gasteiger partial charge >= 0.3 is 0 Å². The van der Waals surface area contributed by atoms with E-state index in [-0.39, 0.29) is 5.25 Å². The van der Waals surface area contributed by atoms with Crippen molar-refractivity contribution in [1.82, 2.24) is 10.0 Å². The second kappa shape index (κ2) is 8.85. The summed E-state index contributed by atoms with van der Waals surface area (Å²) in [6, 6.07) is 0. The van der Waals surface area contributed by atoms with Gasteiger partial charge in [-0.3, -0.25) is 0 Å². The van der Waals surface area contributed by atoms with Crippen LogP contribution in [0.3, 0.4) is 0 Å². The Kier molecular flexibility index (Phi) is 7.81. The third kappa shape index (κ3) is 6.13. The standard InChI is InChI=1S/C12H26N2O3S/c1-2-3-10-17-11-4-7-14-18(15,16)12-5-8-13-9-6-12/h12-14H,2-11H2,1H3. The molecule has 1 heterocycles. The van der Waals surface area contributed by atoms with E-state index < -0.39 is 10.0 Å². The molecule has 108 valence electrons. The molecule has 6 heteroatoms. The smallest absolute Gasteiger partial charge is 0.214 e. The van der Waals surface area contributed by atoms with E-state index in [1.165, 1.54) is 0 Å². The van der Waals surface area contributed by atoms with Gasteiger partial charge in [0.1, 0.15) is 0 Å². The van der Waals surface area contributed by atoms with Crippen LogP contribution in [0.5, 0.6) is 0 Å². The predicted octanol–water partition coefficient (Wildman–Crippen LogP) is 0.865. The average Bonchev–Trinajstić information content (AvgIpc) is 2.39. The van der Waals surface area contributed by atoms with Crippen LogP contribution in [0.15, 0.2) is 0 Å². The van der Waals surface area contributed by atoms with Crippen LogP contribution < -0.4 is 10.0 Å².